The minimum atomic E-state index is -0.0832. The van der Waals surface area contributed by atoms with E-state index in [-0.39, 0.29) is 17.9 Å². The Morgan fingerprint density at radius 1 is 1.30 bits per heavy atom. The van der Waals surface area contributed by atoms with Gasteiger partial charge >= 0.3 is 0 Å². The van der Waals surface area contributed by atoms with Crippen LogP contribution in [0.1, 0.15) is 26.2 Å². The van der Waals surface area contributed by atoms with Gasteiger partial charge in [0.15, 0.2) is 0 Å². The number of benzene rings is 1. The van der Waals surface area contributed by atoms with E-state index in [1.165, 1.54) is 5.01 Å². The second kappa shape index (κ2) is 6.91. The highest BCUT2D eigenvalue weighted by Crippen LogP contribution is 2.21. The number of hydrogen-bond donors (Lipinski definition) is 0. The average Bonchev–Trinajstić information content (AvgIpc) is 2.62. The van der Waals surface area contributed by atoms with E-state index < -0.39 is 0 Å². The smallest absolute Gasteiger partial charge is 0.270 e. The molecule has 1 saturated heterocycles. The van der Waals surface area contributed by atoms with Crippen molar-refractivity contribution < 1.29 is 14.3 Å². The number of hydrazone groups is 1. The standard InChI is InChI=1S/C17H21N3O3/c1-2-14-12-19(10-11-23-14)17(22)15-8-9-16(21)20(18-15)13-6-4-3-5-7-13/h3-7,14H,2,8-12H2,1H3/t14-/m1/s1. The van der Waals surface area contributed by atoms with Gasteiger partial charge in [-0.3, -0.25) is 9.59 Å². The third kappa shape index (κ3) is 3.42. The van der Waals surface area contributed by atoms with Crippen molar-refractivity contribution in [2.45, 2.75) is 32.3 Å². The van der Waals surface area contributed by atoms with Gasteiger partial charge in [0.2, 0.25) is 5.91 Å². The first-order valence-electron chi connectivity index (χ1n) is 8.05. The number of carbonyl (C=O) groups excluding carboxylic acids is 2. The number of para-hydroxylation sites is 1. The summed E-state index contributed by atoms with van der Waals surface area (Å²) in [6.07, 6.45) is 1.67. The van der Waals surface area contributed by atoms with E-state index in [0.717, 1.165) is 6.42 Å². The van der Waals surface area contributed by atoms with Crippen molar-refractivity contribution >= 4 is 23.2 Å². The first kappa shape index (κ1) is 15.7. The lowest BCUT2D eigenvalue weighted by molar-refractivity contribution is -0.131. The number of ether oxygens (including phenoxy) is 1. The topological polar surface area (TPSA) is 62.2 Å². The Kier molecular flexibility index (Phi) is 4.71. The van der Waals surface area contributed by atoms with Crippen molar-refractivity contribution in [1.29, 1.82) is 0 Å². The van der Waals surface area contributed by atoms with E-state index in [4.69, 9.17) is 4.74 Å². The highest BCUT2D eigenvalue weighted by atomic mass is 16.5. The summed E-state index contributed by atoms with van der Waals surface area (Å²) in [7, 11) is 0. The predicted molar refractivity (Wildman–Crippen MR) is 87.2 cm³/mol. The number of carbonyl (C=O) groups is 2. The first-order chi connectivity index (χ1) is 11.2. The van der Waals surface area contributed by atoms with E-state index in [1.54, 1.807) is 4.90 Å². The van der Waals surface area contributed by atoms with Crippen LogP contribution in [0.15, 0.2) is 35.4 Å². The molecule has 1 fully saturated rings. The molecular weight excluding hydrogens is 294 g/mol. The molecule has 0 bridgehead atoms. The number of anilines is 1. The molecule has 6 nitrogen and oxygen atoms in total. The molecule has 1 atom stereocenters. The second-order valence-electron chi connectivity index (χ2n) is 5.74. The molecule has 23 heavy (non-hydrogen) atoms. The van der Waals surface area contributed by atoms with Gasteiger partial charge in [-0.25, -0.2) is 5.01 Å². The molecular formula is C17H21N3O3. The van der Waals surface area contributed by atoms with E-state index >= 15 is 0 Å². The zero-order chi connectivity index (χ0) is 16.2. The van der Waals surface area contributed by atoms with Crippen molar-refractivity contribution in [3.63, 3.8) is 0 Å². The van der Waals surface area contributed by atoms with Crippen LogP contribution in [-0.4, -0.2) is 48.2 Å². The Bertz CT molecular complexity index is 615. The summed E-state index contributed by atoms with van der Waals surface area (Å²) >= 11 is 0. The molecule has 2 heterocycles. The summed E-state index contributed by atoms with van der Waals surface area (Å²) in [6.45, 7) is 3.77. The fourth-order valence-electron chi connectivity index (χ4n) is 2.81. The fraction of sp³-hybridized carbons (Fsp3) is 0.471. The third-order valence-corrected chi connectivity index (χ3v) is 4.16. The van der Waals surface area contributed by atoms with Crippen LogP contribution in [0, 0.1) is 0 Å². The molecule has 6 heteroatoms. The molecule has 2 aliphatic rings. The molecule has 0 spiro atoms. The molecule has 2 aliphatic heterocycles. The van der Waals surface area contributed by atoms with Crippen molar-refractivity contribution in [2.75, 3.05) is 24.7 Å². The quantitative estimate of drug-likeness (QED) is 0.854. The fourth-order valence-corrected chi connectivity index (χ4v) is 2.81. The summed E-state index contributed by atoms with van der Waals surface area (Å²) < 4.78 is 5.60. The van der Waals surface area contributed by atoms with Crippen LogP contribution in [0.3, 0.4) is 0 Å². The normalized spacial score (nSPS) is 22.0. The summed E-state index contributed by atoms with van der Waals surface area (Å²) in [4.78, 5) is 26.6. The summed E-state index contributed by atoms with van der Waals surface area (Å²) in [6, 6.07) is 9.21. The van der Waals surface area contributed by atoms with Crippen LogP contribution >= 0.6 is 0 Å². The molecule has 1 aromatic carbocycles. The van der Waals surface area contributed by atoms with E-state index in [9.17, 15) is 9.59 Å². The van der Waals surface area contributed by atoms with Gasteiger partial charge in [0.1, 0.15) is 5.71 Å². The molecule has 2 amide bonds. The van der Waals surface area contributed by atoms with Gasteiger partial charge < -0.3 is 9.64 Å². The highest BCUT2D eigenvalue weighted by molar-refractivity contribution is 6.40. The van der Waals surface area contributed by atoms with Gasteiger partial charge in [-0.1, -0.05) is 25.1 Å². The lowest BCUT2D eigenvalue weighted by atomic mass is 10.1. The Balaban J connectivity index is 1.78. The summed E-state index contributed by atoms with van der Waals surface area (Å²) in [5.74, 6) is -0.165. The Morgan fingerprint density at radius 3 is 2.83 bits per heavy atom. The highest BCUT2D eigenvalue weighted by Gasteiger charge is 2.30. The van der Waals surface area contributed by atoms with E-state index in [1.807, 2.05) is 37.3 Å². The Morgan fingerprint density at radius 2 is 2.09 bits per heavy atom. The summed E-state index contributed by atoms with van der Waals surface area (Å²) in [5.41, 5.74) is 1.14. The van der Waals surface area contributed by atoms with Crippen LogP contribution < -0.4 is 5.01 Å². The molecule has 3 rings (SSSR count). The molecule has 0 saturated carbocycles. The average molecular weight is 315 g/mol. The zero-order valence-corrected chi connectivity index (χ0v) is 13.3. The molecule has 122 valence electrons. The van der Waals surface area contributed by atoms with Gasteiger partial charge in [-0.15, -0.1) is 0 Å². The maximum absolute atomic E-state index is 12.7. The summed E-state index contributed by atoms with van der Waals surface area (Å²) in [5, 5.41) is 5.67. The minimum absolute atomic E-state index is 0.0823. The van der Waals surface area contributed by atoms with Gasteiger partial charge in [-0.2, -0.15) is 5.10 Å². The lowest BCUT2D eigenvalue weighted by Crippen LogP contribution is -2.49. The predicted octanol–water partition coefficient (Wildman–Crippen LogP) is 1.81. The number of nitrogens with zero attached hydrogens (tertiary/aromatic N) is 3. The Hall–Kier alpha value is -2.21. The van der Waals surface area contributed by atoms with E-state index in [0.29, 0.717) is 43.9 Å². The van der Waals surface area contributed by atoms with E-state index in [2.05, 4.69) is 5.10 Å². The minimum Gasteiger partial charge on any atom is -0.375 e. The second-order valence-corrected chi connectivity index (χ2v) is 5.74. The van der Waals surface area contributed by atoms with Gasteiger partial charge in [-0.05, 0) is 18.6 Å². The number of amides is 2. The van der Waals surface area contributed by atoms with Gasteiger partial charge in [0.25, 0.3) is 5.91 Å². The van der Waals surface area contributed by atoms with Crippen LogP contribution in [0.4, 0.5) is 5.69 Å². The molecule has 0 N–H and O–H groups in total. The molecule has 0 aromatic heterocycles. The largest absolute Gasteiger partial charge is 0.375 e. The lowest BCUT2D eigenvalue weighted by Gasteiger charge is -2.33. The maximum atomic E-state index is 12.7. The molecule has 1 aromatic rings. The van der Waals surface area contributed by atoms with Crippen molar-refractivity contribution in [3.8, 4) is 0 Å². The van der Waals surface area contributed by atoms with Crippen molar-refractivity contribution in [1.82, 2.24) is 4.90 Å². The van der Waals surface area contributed by atoms with Crippen molar-refractivity contribution in [2.24, 2.45) is 5.10 Å². The van der Waals surface area contributed by atoms with Gasteiger partial charge in [0.05, 0.1) is 18.4 Å². The van der Waals surface area contributed by atoms with Crippen LogP contribution in [0.5, 0.6) is 0 Å². The third-order valence-electron chi connectivity index (χ3n) is 4.16. The first-order valence-corrected chi connectivity index (χ1v) is 8.05. The molecule has 0 radical (unpaired) electrons. The molecule has 0 unspecified atom stereocenters. The number of hydrogen-bond acceptors (Lipinski definition) is 4. The van der Waals surface area contributed by atoms with Crippen LogP contribution in [-0.2, 0) is 14.3 Å². The van der Waals surface area contributed by atoms with Gasteiger partial charge in [0, 0.05) is 25.9 Å². The van der Waals surface area contributed by atoms with Crippen LogP contribution in [0.25, 0.3) is 0 Å². The monoisotopic (exact) mass is 315 g/mol. The van der Waals surface area contributed by atoms with Crippen LogP contribution in [0.2, 0.25) is 0 Å². The maximum Gasteiger partial charge on any atom is 0.270 e. The Labute approximate surface area is 135 Å². The van der Waals surface area contributed by atoms with Crippen molar-refractivity contribution in [3.05, 3.63) is 30.3 Å². The molecule has 0 aliphatic carbocycles. The SMILES string of the molecule is CC[C@@H]1CN(C(=O)C2=NN(c3ccccc3)C(=O)CC2)CCO1. The zero-order valence-electron chi connectivity index (χ0n) is 13.3. The number of rotatable bonds is 3. The number of morpholine rings is 1.